The standard InChI is InChI=1S/C11H18BrN3O2S2/c1-3-4-13-11-10(7-9(12)8-14-11)19(16,17)15-5-6-18-2/h7-8,15H,3-6H2,1-2H3,(H,13,14). The van der Waals surface area contributed by atoms with Crippen LogP contribution in [0.2, 0.25) is 0 Å². The van der Waals surface area contributed by atoms with E-state index in [9.17, 15) is 8.42 Å². The summed E-state index contributed by atoms with van der Waals surface area (Å²) in [7, 11) is -3.53. The van der Waals surface area contributed by atoms with Gasteiger partial charge in [0.15, 0.2) is 0 Å². The van der Waals surface area contributed by atoms with Gasteiger partial charge in [0, 0.05) is 29.5 Å². The first kappa shape index (κ1) is 16.7. The van der Waals surface area contributed by atoms with E-state index < -0.39 is 10.0 Å². The van der Waals surface area contributed by atoms with Crippen LogP contribution in [0.15, 0.2) is 21.6 Å². The number of pyridine rings is 1. The molecule has 0 fully saturated rings. The smallest absolute Gasteiger partial charge is 0.244 e. The summed E-state index contributed by atoms with van der Waals surface area (Å²) in [6.07, 6.45) is 4.42. The summed E-state index contributed by atoms with van der Waals surface area (Å²) in [6.45, 7) is 3.10. The molecule has 0 saturated heterocycles. The fourth-order valence-corrected chi connectivity index (χ4v) is 3.46. The Balaban J connectivity index is 2.98. The minimum Gasteiger partial charge on any atom is -0.369 e. The van der Waals surface area contributed by atoms with E-state index in [1.54, 1.807) is 24.0 Å². The molecule has 108 valence electrons. The summed E-state index contributed by atoms with van der Waals surface area (Å²) >= 11 is 4.84. The Hall–Kier alpha value is -0.310. The number of thioether (sulfide) groups is 1. The molecular formula is C11H18BrN3O2S2. The van der Waals surface area contributed by atoms with Crippen LogP contribution in [0.3, 0.4) is 0 Å². The maximum atomic E-state index is 12.2. The summed E-state index contributed by atoms with van der Waals surface area (Å²) < 4.78 is 27.7. The predicted molar refractivity (Wildman–Crippen MR) is 84.3 cm³/mol. The zero-order chi connectivity index (χ0) is 14.3. The van der Waals surface area contributed by atoms with Gasteiger partial charge in [-0.3, -0.25) is 0 Å². The normalized spacial score (nSPS) is 11.5. The van der Waals surface area contributed by atoms with Crippen LogP contribution < -0.4 is 10.0 Å². The third-order valence-corrected chi connectivity index (χ3v) is 4.77. The fraction of sp³-hybridized carbons (Fsp3) is 0.545. The van der Waals surface area contributed by atoms with Crippen LogP contribution in [-0.2, 0) is 10.0 Å². The highest BCUT2D eigenvalue weighted by Crippen LogP contribution is 2.22. The molecule has 0 bridgehead atoms. The summed E-state index contributed by atoms with van der Waals surface area (Å²) in [5, 5.41) is 3.03. The van der Waals surface area contributed by atoms with Crippen molar-refractivity contribution in [3.63, 3.8) is 0 Å². The van der Waals surface area contributed by atoms with Crippen molar-refractivity contribution in [2.75, 3.05) is 30.4 Å². The second kappa shape index (κ2) is 8.08. The Kier molecular flexibility index (Phi) is 7.12. The van der Waals surface area contributed by atoms with Crippen molar-refractivity contribution < 1.29 is 8.42 Å². The summed E-state index contributed by atoms with van der Waals surface area (Å²) in [5.74, 6) is 1.12. The molecule has 2 N–H and O–H groups in total. The van der Waals surface area contributed by atoms with E-state index in [-0.39, 0.29) is 4.90 Å². The molecule has 1 rings (SSSR count). The predicted octanol–water partition coefficient (Wildman–Crippen LogP) is 2.31. The van der Waals surface area contributed by atoms with Gasteiger partial charge in [0.1, 0.15) is 10.7 Å². The first-order valence-electron chi connectivity index (χ1n) is 5.89. The minimum atomic E-state index is -3.53. The van der Waals surface area contributed by atoms with E-state index in [4.69, 9.17) is 0 Å². The quantitative estimate of drug-likeness (QED) is 0.689. The molecule has 0 aromatic carbocycles. The Morgan fingerprint density at radius 1 is 1.42 bits per heavy atom. The Bertz CT molecular complexity index is 509. The number of aromatic nitrogens is 1. The van der Waals surface area contributed by atoms with Gasteiger partial charge in [-0.25, -0.2) is 18.1 Å². The van der Waals surface area contributed by atoms with Gasteiger partial charge in [-0.1, -0.05) is 6.92 Å². The van der Waals surface area contributed by atoms with Gasteiger partial charge in [-0.2, -0.15) is 11.8 Å². The number of hydrogen-bond acceptors (Lipinski definition) is 5. The number of nitrogens with zero attached hydrogens (tertiary/aromatic N) is 1. The molecule has 0 amide bonds. The van der Waals surface area contributed by atoms with Gasteiger partial charge in [-0.05, 0) is 34.7 Å². The number of anilines is 1. The van der Waals surface area contributed by atoms with E-state index in [2.05, 4.69) is 31.0 Å². The summed E-state index contributed by atoms with van der Waals surface area (Å²) in [5.41, 5.74) is 0. The largest absolute Gasteiger partial charge is 0.369 e. The third kappa shape index (κ3) is 5.29. The van der Waals surface area contributed by atoms with Crippen LogP contribution in [0.4, 0.5) is 5.82 Å². The van der Waals surface area contributed by atoms with Crippen LogP contribution in [0.5, 0.6) is 0 Å². The second-order valence-electron chi connectivity index (χ2n) is 3.82. The molecule has 0 spiro atoms. The molecule has 19 heavy (non-hydrogen) atoms. The molecule has 0 aliphatic rings. The van der Waals surface area contributed by atoms with Gasteiger partial charge < -0.3 is 5.32 Å². The summed E-state index contributed by atoms with van der Waals surface area (Å²) in [4.78, 5) is 4.31. The zero-order valence-electron chi connectivity index (χ0n) is 10.9. The zero-order valence-corrected chi connectivity index (χ0v) is 14.2. The van der Waals surface area contributed by atoms with Crippen molar-refractivity contribution in [2.24, 2.45) is 0 Å². The van der Waals surface area contributed by atoms with Gasteiger partial charge >= 0.3 is 0 Å². The monoisotopic (exact) mass is 367 g/mol. The Labute approximate surface area is 127 Å². The Morgan fingerprint density at radius 3 is 2.79 bits per heavy atom. The number of nitrogens with one attached hydrogen (secondary N) is 2. The minimum absolute atomic E-state index is 0.177. The van der Waals surface area contributed by atoms with Gasteiger partial charge in [0.25, 0.3) is 0 Å². The van der Waals surface area contributed by atoms with Crippen molar-refractivity contribution in [3.8, 4) is 0 Å². The average molecular weight is 368 g/mol. The van der Waals surface area contributed by atoms with Crippen molar-refractivity contribution in [1.82, 2.24) is 9.71 Å². The van der Waals surface area contributed by atoms with Crippen molar-refractivity contribution in [2.45, 2.75) is 18.2 Å². The molecule has 0 atom stereocenters. The molecule has 0 unspecified atom stereocenters. The number of sulfonamides is 1. The van der Waals surface area contributed by atoms with E-state index in [0.717, 1.165) is 12.2 Å². The van der Waals surface area contributed by atoms with E-state index in [0.29, 0.717) is 23.4 Å². The van der Waals surface area contributed by atoms with Gasteiger partial charge in [0.05, 0.1) is 0 Å². The lowest BCUT2D eigenvalue weighted by molar-refractivity contribution is 0.584. The topological polar surface area (TPSA) is 71.1 Å². The molecular weight excluding hydrogens is 350 g/mol. The first-order valence-corrected chi connectivity index (χ1v) is 9.56. The van der Waals surface area contributed by atoms with Crippen LogP contribution in [0, 0.1) is 0 Å². The maximum Gasteiger partial charge on any atom is 0.244 e. The molecule has 0 aliphatic heterocycles. The molecule has 0 radical (unpaired) electrons. The van der Waals surface area contributed by atoms with Gasteiger partial charge in [-0.15, -0.1) is 0 Å². The van der Waals surface area contributed by atoms with Crippen LogP contribution in [-0.4, -0.2) is 38.5 Å². The van der Waals surface area contributed by atoms with Crippen LogP contribution in [0.1, 0.15) is 13.3 Å². The molecule has 5 nitrogen and oxygen atoms in total. The molecule has 1 aromatic heterocycles. The molecule has 1 heterocycles. The van der Waals surface area contributed by atoms with E-state index in [1.807, 2.05) is 13.2 Å². The highest BCUT2D eigenvalue weighted by Gasteiger charge is 2.19. The maximum absolute atomic E-state index is 12.2. The fourth-order valence-electron chi connectivity index (χ4n) is 1.36. The molecule has 1 aromatic rings. The average Bonchev–Trinajstić information content (AvgIpc) is 2.37. The lowest BCUT2D eigenvalue weighted by Crippen LogP contribution is -2.27. The summed E-state index contributed by atoms with van der Waals surface area (Å²) in [6, 6.07) is 1.56. The highest BCUT2D eigenvalue weighted by atomic mass is 79.9. The number of rotatable bonds is 8. The molecule has 8 heteroatoms. The lowest BCUT2D eigenvalue weighted by atomic mass is 10.4. The highest BCUT2D eigenvalue weighted by molar-refractivity contribution is 9.10. The van der Waals surface area contributed by atoms with Crippen molar-refractivity contribution in [1.29, 1.82) is 0 Å². The number of hydrogen-bond donors (Lipinski definition) is 2. The van der Waals surface area contributed by atoms with E-state index in [1.165, 1.54) is 0 Å². The van der Waals surface area contributed by atoms with Crippen molar-refractivity contribution >= 4 is 43.5 Å². The first-order chi connectivity index (χ1) is 9.01. The SMILES string of the molecule is CCCNc1ncc(Br)cc1S(=O)(=O)NCCSC. The second-order valence-corrected chi connectivity index (χ2v) is 7.45. The molecule has 0 saturated carbocycles. The van der Waals surface area contributed by atoms with Crippen LogP contribution in [0.25, 0.3) is 0 Å². The third-order valence-electron chi connectivity index (χ3n) is 2.25. The number of halogens is 1. The van der Waals surface area contributed by atoms with Gasteiger partial charge in [0.2, 0.25) is 10.0 Å². The van der Waals surface area contributed by atoms with Crippen molar-refractivity contribution in [3.05, 3.63) is 16.7 Å². The Morgan fingerprint density at radius 2 is 2.16 bits per heavy atom. The molecule has 0 aliphatic carbocycles. The van der Waals surface area contributed by atoms with E-state index >= 15 is 0 Å². The van der Waals surface area contributed by atoms with Crippen LogP contribution >= 0.6 is 27.7 Å². The lowest BCUT2D eigenvalue weighted by Gasteiger charge is -2.12.